The fourth-order valence-corrected chi connectivity index (χ4v) is 1.92. The Morgan fingerprint density at radius 3 is 2.85 bits per heavy atom. The van der Waals surface area contributed by atoms with Gasteiger partial charge in [0.25, 0.3) is 5.91 Å². The topological polar surface area (TPSA) is 49.8 Å². The number of carbonyl (C=O) groups excluding carboxylic acids is 1. The minimum Gasteiger partial charge on any atom is -0.391 e. The zero-order chi connectivity index (χ0) is 9.26. The first-order valence-electron chi connectivity index (χ1n) is 4.86. The first-order valence-corrected chi connectivity index (χ1v) is 4.86. The molecule has 1 amide bonds. The summed E-state index contributed by atoms with van der Waals surface area (Å²) in [5.74, 6) is 0.0639. The summed E-state index contributed by atoms with van der Waals surface area (Å²) in [6, 6.07) is 0. The summed E-state index contributed by atoms with van der Waals surface area (Å²) in [4.78, 5) is 13.4. The lowest BCUT2D eigenvalue weighted by Crippen LogP contribution is -2.37. The number of rotatable bonds is 1. The van der Waals surface area contributed by atoms with Gasteiger partial charge in [0.05, 0.1) is 6.10 Å². The van der Waals surface area contributed by atoms with Gasteiger partial charge in [-0.1, -0.05) is 0 Å². The van der Waals surface area contributed by atoms with Gasteiger partial charge in [-0.05, 0) is 19.3 Å². The Balaban J connectivity index is 1.89. The maximum atomic E-state index is 11.7. The van der Waals surface area contributed by atoms with Crippen LogP contribution in [0.3, 0.4) is 0 Å². The molecule has 2 fully saturated rings. The van der Waals surface area contributed by atoms with E-state index in [-0.39, 0.29) is 18.1 Å². The Bertz CT molecular complexity index is 201. The molecule has 1 N–H and O–H groups in total. The van der Waals surface area contributed by atoms with Crippen molar-refractivity contribution < 1.29 is 14.6 Å². The summed E-state index contributed by atoms with van der Waals surface area (Å²) >= 11 is 0. The van der Waals surface area contributed by atoms with E-state index in [4.69, 9.17) is 4.74 Å². The van der Waals surface area contributed by atoms with Gasteiger partial charge in [-0.25, -0.2) is 0 Å². The lowest BCUT2D eigenvalue weighted by atomic mass is 10.2. The Kier molecular flexibility index (Phi) is 2.51. The van der Waals surface area contributed by atoms with Crippen LogP contribution >= 0.6 is 0 Å². The Morgan fingerprint density at radius 1 is 1.46 bits per heavy atom. The largest absolute Gasteiger partial charge is 0.391 e. The second-order valence-corrected chi connectivity index (χ2v) is 3.73. The molecule has 74 valence electrons. The lowest BCUT2D eigenvalue weighted by molar-refractivity contribution is -0.140. The van der Waals surface area contributed by atoms with Crippen LogP contribution in [-0.4, -0.2) is 47.8 Å². The van der Waals surface area contributed by atoms with Crippen LogP contribution in [0, 0.1) is 0 Å². The molecule has 0 aromatic carbocycles. The van der Waals surface area contributed by atoms with E-state index >= 15 is 0 Å². The maximum Gasteiger partial charge on any atom is 0.251 e. The molecule has 4 heteroatoms. The molecule has 0 saturated carbocycles. The van der Waals surface area contributed by atoms with E-state index in [1.807, 2.05) is 0 Å². The molecule has 0 aromatic rings. The highest BCUT2D eigenvalue weighted by molar-refractivity contribution is 5.81. The van der Waals surface area contributed by atoms with Crippen LogP contribution in [0.15, 0.2) is 0 Å². The monoisotopic (exact) mass is 185 g/mol. The van der Waals surface area contributed by atoms with Gasteiger partial charge in [0, 0.05) is 19.7 Å². The second-order valence-electron chi connectivity index (χ2n) is 3.73. The molecule has 2 heterocycles. The van der Waals surface area contributed by atoms with Crippen LogP contribution < -0.4 is 0 Å². The summed E-state index contributed by atoms with van der Waals surface area (Å²) in [5, 5.41) is 9.26. The van der Waals surface area contributed by atoms with E-state index in [1.54, 1.807) is 4.90 Å². The second kappa shape index (κ2) is 3.64. The van der Waals surface area contributed by atoms with Crippen LogP contribution in [0.4, 0.5) is 0 Å². The number of nitrogens with zero attached hydrogens (tertiary/aromatic N) is 1. The van der Waals surface area contributed by atoms with E-state index in [2.05, 4.69) is 0 Å². The zero-order valence-electron chi connectivity index (χ0n) is 7.61. The van der Waals surface area contributed by atoms with Gasteiger partial charge < -0.3 is 14.7 Å². The van der Waals surface area contributed by atoms with Gasteiger partial charge in [-0.2, -0.15) is 0 Å². The average Bonchev–Trinajstić information content (AvgIpc) is 2.72. The molecule has 0 aliphatic carbocycles. The summed E-state index contributed by atoms with van der Waals surface area (Å²) in [6.07, 6.45) is 1.96. The number of aliphatic hydroxyl groups is 1. The van der Waals surface area contributed by atoms with E-state index < -0.39 is 0 Å². The first kappa shape index (κ1) is 8.97. The third-order valence-corrected chi connectivity index (χ3v) is 2.68. The van der Waals surface area contributed by atoms with Crippen LogP contribution in [0.2, 0.25) is 0 Å². The first-order chi connectivity index (χ1) is 6.27. The molecular formula is C9H15NO3. The minimum absolute atomic E-state index is 0.0639. The number of hydrogen-bond donors (Lipinski definition) is 1. The summed E-state index contributed by atoms with van der Waals surface area (Å²) in [6.45, 7) is 1.87. The van der Waals surface area contributed by atoms with E-state index in [1.165, 1.54) is 0 Å². The van der Waals surface area contributed by atoms with Gasteiger partial charge >= 0.3 is 0 Å². The lowest BCUT2D eigenvalue weighted by Gasteiger charge is -2.19. The third-order valence-electron chi connectivity index (χ3n) is 2.68. The molecule has 2 aliphatic rings. The molecule has 4 nitrogen and oxygen atoms in total. The highest BCUT2D eigenvalue weighted by Crippen LogP contribution is 2.18. The molecule has 0 radical (unpaired) electrons. The van der Waals surface area contributed by atoms with Crippen molar-refractivity contribution >= 4 is 5.91 Å². The molecule has 2 saturated heterocycles. The van der Waals surface area contributed by atoms with Crippen molar-refractivity contribution in [3.63, 3.8) is 0 Å². The molecule has 2 aliphatic heterocycles. The maximum absolute atomic E-state index is 11.7. The van der Waals surface area contributed by atoms with E-state index in [0.717, 1.165) is 12.8 Å². The fourth-order valence-electron chi connectivity index (χ4n) is 1.92. The van der Waals surface area contributed by atoms with Gasteiger partial charge in [0.15, 0.2) is 0 Å². The van der Waals surface area contributed by atoms with E-state index in [0.29, 0.717) is 26.1 Å². The molecule has 2 rings (SSSR count). The minimum atomic E-state index is -0.328. The number of carbonyl (C=O) groups is 1. The van der Waals surface area contributed by atoms with Gasteiger partial charge in [-0.15, -0.1) is 0 Å². The van der Waals surface area contributed by atoms with Crippen LogP contribution in [0.25, 0.3) is 0 Å². The molecule has 0 bridgehead atoms. The molecule has 2 atom stereocenters. The van der Waals surface area contributed by atoms with Crippen LogP contribution in [-0.2, 0) is 9.53 Å². The molecule has 0 aromatic heterocycles. The number of hydrogen-bond acceptors (Lipinski definition) is 3. The molecular weight excluding hydrogens is 170 g/mol. The van der Waals surface area contributed by atoms with Crippen molar-refractivity contribution in [2.75, 3.05) is 19.7 Å². The predicted octanol–water partition coefficient (Wildman–Crippen LogP) is -0.241. The third kappa shape index (κ3) is 1.84. The van der Waals surface area contributed by atoms with Crippen molar-refractivity contribution in [1.29, 1.82) is 0 Å². The predicted molar refractivity (Wildman–Crippen MR) is 46.2 cm³/mol. The summed E-state index contributed by atoms with van der Waals surface area (Å²) in [5.41, 5.74) is 0. The normalized spacial score (nSPS) is 34.1. The number of β-amino-alcohol motifs (C(OH)–C–C–N with tert-alkyl or cyclic N) is 1. The zero-order valence-corrected chi connectivity index (χ0v) is 7.61. The number of ether oxygens (including phenoxy) is 1. The Morgan fingerprint density at radius 2 is 2.31 bits per heavy atom. The van der Waals surface area contributed by atoms with Crippen molar-refractivity contribution in [2.45, 2.75) is 31.5 Å². The van der Waals surface area contributed by atoms with Crippen molar-refractivity contribution in [2.24, 2.45) is 0 Å². The van der Waals surface area contributed by atoms with Gasteiger partial charge in [0.2, 0.25) is 0 Å². The number of aliphatic hydroxyl groups excluding tert-OH is 1. The highest BCUT2D eigenvalue weighted by atomic mass is 16.5. The SMILES string of the molecule is O=C([C@@H]1CCCO1)N1CC[C@@H](O)C1. The standard InChI is InChI=1S/C9H15NO3/c11-7-3-4-10(6-7)9(12)8-2-1-5-13-8/h7-8,11H,1-6H2/t7-,8+/m1/s1. The van der Waals surface area contributed by atoms with Gasteiger partial charge in [-0.3, -0.25) is 4.79 Å². The number of amides is 1. The Hall–Kier alpha value is -0.610. The fraction of sp³-hybridized carbons (Fsp3) is 0.889. The molecule has 0 unspecified atom stereocenters. The quantitative estimate of drug-likeness (QED) is 0.613. The average molecular weight is 185 g/mol. The van der Waals surface area contributed by atoms with Crippen LogP contribution in [0.1, 0.15) is 19.3 Å². The van der Waals surface area contributed by atoms with Crippen molar-refractivity contribution in [3.05, 3.63) is 0 Å². The highest BCUT2D eigenvalue weighted by Gasteiger charge is 2.32. The van der Waals surface area contributed by atoms with Gasteiger partial charge in [0.1, 0.15) is 6.10 Å². The number of likely N-dealkylation sites (tertiary alicyclic amines) is 1. The van der Waals surface area contributed by atoms with Crippen LogP contribution in [0.5, 0.6) is 0 Å². The van der Waals surface area contributed by atoms with Crippen molar-refractivity contribution in [3.8, 4) is 0 Å². The Labute approximate surface area is 77.5 Å². The molecule has 13 heavy (non-hydrogen) atoms. The smallest absolute Gasteiger partial charge is 0.251 e. The summed E-state index contributed by atoms with van der Waals surface area (Å²) < 4.78 is 5.29. The van der Waals surface area contributed by atoms with E-state index in [9.17, 15) is 9.90 Å². The van der Waals surface area contributed by atoms with Crippen molar-refractivity contribution in [1.82, 2.24) is 4.90 Å². The molecule has 0 spiro atoms. The summed E-state index contributed by atoms with van der Waals surface area (Å²) in [7, 11) is 0.